The van der Waals surface area contributed by atoms with Gasteiger partial charge in [0.2, 0.25) is 11.7 Å². The number of rotatable bonds is 9. The molecule has 7 rings (SSSR count). The van der Waals surface area contributed by atoms with Crippen molar-refractivity contribution in [1.82, 2.24) is 33.8 Å². The molecule has 0 spiro atoms. The number of methoxy groups -OCH3 is 1. The van der Waals surface area contributed by atoms with Gasteiger partial charge in [0, 0.05) is 39.0 Å². The van der Waals surface area contributed by atoms with Gasteiger partial charge in [-0.25, -0.2) is 4.68 Å². The molecular weight excluding hydrogens is 731 g/mol. The molecule has 3 aromatic heterocycles. The maximum absolute atomic E-state index is 14.4. The SMILES string of the molecule is CCc1c(N2CCN(C(=O)c3c[nH]n(C4CCC4)c3=O)[C@H](C)C2)c(=O)n2nc(C3=CCC(OC)CC3)nc2n1CC(=O)Nc1ccc(C(F)(F)F)cc1Cl. The number of carbonyl (C=O) groups excluding carboxylic acids is 2. The van der Waals surface area contributed by atoms with Crippen LogP contribution in [0, 0.1) is 0 Å². The number of fused-ring (bicyclic) bond motifs is 1. The van der Waals surface area contributed by atoms with Crippen LogP contribution >= 0.6 is 11.6 Å². The maximum atomic E-state index is 14.4. The number of anilines is 2. The number of amides is 2. The highest BCUT2D eigenvalue weighted by molar-refractivity contribution is 6.33. The number of aromatic nitrogens is 6. The zero-order valence-corrected chi connectivity index (χ0v) is 30.8. The van der Waals surface area contributed by atoms with Crippen LogP contribution in [0.2, 0.25) is 5.02 Å². The van der Waals surface area contributed by atoms with E-state index in [4.69, 9.17) is 21.3 Å². The Morgan fingerprint density at radius 3 is 2.52 bits per heavy atom. The molecule has 1 aliphatic heterocycles. The number of carbonyl (C=O) groups is 2. The quantitative estimate of drug-likeness (QED) is 0.244. The van der Waals surface area contributed by atoms with Gasteiger partial charge in [-0.05, 0) is 75.6 Å². The van der Waals surface area contributed by atoms with E-state index in [0.717, 1.165) is 49.5 Å². The molecule has 4 aromatic rings. The second kappa shape index (κ2) is 14.7. The van der Waals surface area contributed by atoms with E-state index in [1.807, 2.05) is 24.8 Å². The fourth-order valence-electron chi connectivity index (χ4n) is 7.49. The van der Waals surface area contributed by atoms with Crippen LogP contribution in [0.4, 0.5) is 24.5 Å². The van der Waals surface area contributed by atoms with Crippen LogP contribution < -0.4 is 21.3 Å². The molecule has 4 heterocycles. The molecule has 2 N–H and O–H groups in total. The second-order valence-electron chi connectivity index (χ2n) is 14.0. The number of alkyl halides is 3. The van der Waals surface area contributed by atoms with E-state index < -0.39 is 29.2 Å². The number of ether oxygens (including phenoxy) is 1. The molecule has 288 valence electrons. The van der Waals surface area contributed by atoms with Gasteiger partial charge in [0.15, 0.2) is 5.82 Å². The van der Waals surface area contributed by atoms with Crippen molar-refractivity contribution in [2.45, 2.75) is 89.7 Å². The zero-order valence-electron chi connectivity index (χ0n) is 30.1. The number of halogens is 4. The first-order valence-corrected chi connectivity index (χ1v) is 18.4. The third kappa shape index (κ3) is 6.94. The number of H-pyrrole nitrogens is 1. The predicted octanol–water partition coefficient (Wildman–Crippen LogP) is 4.91. The number of allylic oxidation sites excluding steroid dienone is 1. The van der Waals surface area contributed by atoms with E-state index in [9.17, 15) is 32.3 Å². The summed E-state index contributed by atoms with van der Waals surface area (Å²) in [5.41, 5.74) is -0.0810. The molecule has 1 unspecified atom stereocenters. The number of benzene rings is 1. The fourth-order valence-corrected chi connectivity index (χ4v) is 7.72. The highest BCUT2D eigenvalue weighted by Crippen LogP contribution is 2.34. The standard InChI is InChI=1S/C36H41ClF3N9O5/c1-4-28-30(45-14-15-46(20(2)18-45)32(51)25-17-41-48(33(25)52)23-6-5-7-23)34(53)49-35(43-31(44-49)21-8-11-24(54-3)12-9-21)47(28)19-29(50)42-27-13-10-22(16-26(27)37)36(38,39)40/h8,10,13,16-17,20,23-24,41H,4-7,9,11-12,14-15,18-19H2,1-3H3,(H,42,50)/t20-,24?/m1/s1. The minimum absolute atomic E-state index is 0.0105. The lowest BCUT2D eigenvalue weighted by molar-refractivity contribution is -0.137. The van der Waals surface area contributed by atoms with Crippen molar-refractivity contribution in [1.29, 1.82) is 0 Å². The molecule has 0 bridgehead atoms. The smallest absolute Gasteiger partial charge is 0.381 e. The van der Waals surface area contributed by atoms with E-state index in [1.54, 1.807) is 16.6 Å². The summed E-state index contributed by atoms with van der Waals surface area (Å²) >= 11 is 6.15. The van der Waals surface area contributed by atoms with E-state index in [0.29, 0.717) is 30.8 Å². The van der Waals surface area contributed by atoms with Crippen LogP contribution in [-0.4, -0.2) is 84.5 Å². The van der Waals surface area contributed by atoms with Crippen LogP contribution in [0.25, 0.3) is 11.4 Å². The van der Waals surface area contributed by atoms with Crippen molar-refractivity contribution < 1.29 is 27.5 Å². The van der Waals surface area contributed by atoms with E-state index >= 15 is 0 Å². The van der Waals surface area contributed by atoms with Crippen molar-refractivity contribution in [3.8, 4) is 0 Å². The Morgan fingerprint density at radius 1 is 1.13 bits per heavy atom. The summed E-state index contributed by atoms with van der Waals surface area (Å²) in [6, 6.07) is 2.33. The molecule has 18 heteroatoms. The molecule has 3 aliphatic rings. The highest BCUT2D eigenvalue weighted by atomic mass is 35.5. The second-order valence-corrected chi connectivity index (χ2v) is 14.4. The number of hydrogen-bond acceptors (Lipinski definition) is 8. The summed E-state index contributed by atoms with van der Waals surface area (Å²) in [6.45, 7) is 4.04. The van der Waals surface area contributed by atoms with Gasteiger partial charge >= 0.3 is 6.18 Å². The van der Waals surface area contributed by atoms with Gasteiger partial charge in [-0.2, -0.15) is 22.7 Å². The number of aromatic amines is 1. The fraction of sp³-hybridized carbons (Fsp3) is 0.500. The summed E-state index contributed by atoms with van der Waals surface area (Å²) < 4.78 is 49.6. The highest BCUT2D eigenvalue weighted by Gasteiger charge is 2.35. The van der Waals surface area contributed by atoms with Crippen molar-refractivity contribution in [3.05, 3.63) is 78.8 Å². The van der Waals surface area contributed by atoms with Gasteiger partial charge < -0.3 is 29.5 Å². The molecule has 1 aromatic carbocycles. The van der Waals surface area contributed by atoms with E-state index in [2.05, 4.69) is 15.5 Å². The van der Waals surface area contributed by atoms with Gasteiger partial charge in [0.05, 0.1) is 34.1 Å². The molecule has 14 nitrogen and oxygen atoms in total. The third-order valence-electron chi connectivity index (χ3n) is 10.7. The Bertz CT molecular complexity index is 2250. The number of piperazine rings is 1. The average molecular weight is 772 g/mol. The number of hydrogen-bond donors (Lipinski definition) is 2. The van der Waals surface area contributed by atoms with Crippen LogP contribution in [0.3, 0.4) is 0 Å². The van der Waals surface area contributed by atoms with Crippen LogP contribution in [-0.2, 0) is 28.7 Å². The molecule has 2 amide bonds. The summed E-state index contributed by atoms with van der Waals surface area (Å²) in [4.78, 5) is 63.0. The van der Waals surface area contributed by atoms with Crippen molar-refractivity contribution in [2.75, 3.05) is 37.0 Å². The van der Waals surface area contributed by atoms with Crippen LogP contribution in [0.5, 0.6) is 0 Å². The van der Waals surface area contributed by atoms with E-state index in [-0.39, 0.29) is 77.5 Å². The molecule has 2 fully saturated rings. The number of nitrogens with zero attached hydrogens (tertiary/aromatic N) is 7. The van der Waals surface area contributed by atoms with Crippen molar-refractivity contribution in [3.63, 3.8) is 0 Å². The summed E-state index contributed by atoms with van der Waals surface area (Å²) in [7, 11) is 1.65. The summed E-state index contributed by atoms with van der Waals surface area (Å²) in [6.07, 6.45) is 3.98. The molecule has 2 atom stereocenters. The van der Waals surface area contributed by atoms with Crippen LogP contribution in [0.1, 0.15) is 85.9 Å². The zero-order chi connectivity index (χ0) is 38.5. The number of nitrogens with one attached hydrogen (secondary N) is 2. The van der Waals surface area contributed by atoms with Crippen molar-refractivity contribution >= 4 is 46.1 Å². The molecule has 1 saturated carbocycles. The summed E-state index contributed by atoms with van der Waals surface area (Å²) in [5, 5.41) is 9.90. The lowest BCUT2D eigenvalue weighted by atomic mass is 9.93. The first-order valence-electron chi connectivity index (χ1n) is 18.1. The lowest BCUT2D eigenvalue weighted by Crippen LogP contribution is -2.56. The van der Waals surface area contributed by atoms with Gasteiger partial charge in [0.1, 0.15) is 17.8 Å². The average Bonchev–Trinajstić information content (AvgIpc) is 3.73. The lowest BCUT2D eigenvalue weighted by Gasteiger charge is -2.41. The third-order valence-corrected chi connectivity index (χ3v) is 11.0. The Kier molecular flexibility index (Phi) is 10.2. The molecule has 2 aliphatic carbocycles. The van der Waals surface area contributed by atoms with Crippen molar-refractivity contribution in [2.24, 2.45) is 0 Å². The Balaban J connectivity index is 1.22. The molecule has 1 saturated heterocycles. The normalized spacial score (nSPS) is 19.6. The predicted molar refractivity (Wildman–Crippen MR) is 195 cm³/mol. The Labute approximate surface area is 312 Å². The molecular formula is C36H41ClF3N9O5. The van der Waals surface area contributed by atoms with Crippen LogP contribution in [0.15, 0.2) is 40.1 Å². The first-order chi connectivity index (χ1) is 25.8. The van der Waals surface area contributed by atoms with Gasteiger partial charge in [-0.3, -0.25) is 19.2 Å². The van der Waals surface area contributed by atoms with E-state index in [1.165, 1.54) is 15.4 Å². The Morgan fingerprint density at radius 2 is 1.91 bits per heavy atom. The monoisotopic (exact) mass is 771 g/mol. The summed E-state index contributed by atoms with van der Waals surface area (Å²) in [5.74, 6) is -0.546. The first kappa shape index (κ1) is 37.4. The van der Waals surface area contributed by atoms with Gasteiger partial charge in [0.25, 0.3) is 17.0 Å². The largest absolute Gasteiger partial charge is 0.416 e. The molecule has 0 radical (unpaired) electrons. The maximum Gasteiger partial charge on any atom is 0.416 e. The Hall–Kier alpha value is -4.90. The van der Waals surface area contributed by atoms with Gasteiger partial charge in [-0.15, -0.1) is 5.10 Å². The topological polar surface area (TPSA) is 152 Å². The van der Waals surface area contributed by atoms with Gasteiger partial charge in [-0.1, -0.05) is 24.6 Å². The minimum Gasteiger partial charge on any atom is -0.381 e. The molecule has 54 heavy (non-hydrogen) atoms. The minimum atomic E-state index is -4.61.